The molecule has 0 spiro atoms. The van der Waals surface area contributed by atoms with Crippen molar-refractivity contribution in [3.05, 3.63) is 0 Å². The van der Waals surface area contributed by atoms with Gasteiger partial charge in [0, 0.05) is 13.0 Å². The molecule has 0 aliphatic carbocycles. The third-order valence-electron chi connectivity index (χ3n) is 1.64. The van der Waals surface area contributed by atoms with Crippen molar-refractivity contribution < 1.29 is 18.0 Å². The van der Waals surface area contributed by atoms with Crippen LogP contribution in [0, 0.1) is 0 Å². The van der Waals surface area contributed by atoms with Crippen LogP contribution in [0.3, 0.4) is 0 Å². The van der Waals surface area contributed by atoms with Crippen molar-refractivity contribution in [2.45, 2.75) is 12.6 Å². The molecule has 16 heavy (non-hydrogen) atoms. The number of hydrogen-bond donors (Lipinski definition) is 2. The van der Waals surface area contributed by atoms with E-state index in [0.29, 0.717) is 18.0 Å². The second-order valence-corrected chi connectivity index (χ2v) is 3.87. The quantitative estimate of drug-likeness (QED) is 0.671. The first-order valence-corrected chi connectivity index (χ1v) is 4.92. The van der Waals surface area contributed by atoms with Crippen molar-refractivity contribution in [1.29, 1.82) is 0 Å². The molecule has 0 aromatic heterocycles. The van der Waals surface area contributed by atoms with Gasteiger partial charge in [-0.05, 0) is 7.05 Å². The van der Waals surface area contributed by atoms with E-state index in [9.17, 15) is 18.0 Å². The Balaban J connectivity index is 3.74. The first-order chi connectivity index (χ1) is 7.20. The molecule has 0 radical (unpaired) electrons. The van der Waals surface area contributed by atoms with Crippen molar-refractivity contribution in [2.75, 3.05) is 26.7 Å². The molecule has 0 atom stereocenters. The molecule has 0 heterocycles. The van der Waals surface area contributed by atoms with Crippen LogP contribution in [0.15, 0.2) is 0 Å². The molecule has 0 saturated carbocycles. The Bertz CT molecular complexity index is 257. The lowest BCUT2D eigenvalue weighted by atomic mass is 10.4. The van der Waals surface area contributed by atoms with Gasteiger partial charge in [0.1, 0.15) is 6.54 Å². The SMILES string of the molecule is CN(CCC(N)=S)CC(=O)NCC(F)(F)F. The van der Waals surface area contributed by atoms with Gasteiger partial charge in [-0.15, -0.1) is 0 Å². The summed E-state index contributed by atoms with van der Waals surface area (Å²) in [5.41, 5.74) is 5.24. The Morgan fingerprint density at radius 2 is 2.06 bits per heavy atom. The Morgan fingerprint density at radius 3 is 2.50 bits per heavy atom. The smallest absolute Gasteiger partial charge is 0.393 e. The average molecular weight is 257 g/mol. The lowest BCUT2D eigenvalue weighted by molar-refractivity contribution is -0.138. The molecule has 1 amide bonds. The normalized spacial score (nSPS) is 11.6. The summed E-state index contributed by atoms with van der Waals surface area (Å²) >= 11 is 4.63. The van der Waals surface area contributed by atoms with Gasteiger partial charge in [-0.3, -0.25) is 9.69 Å². The van der Waals surface area contributed by atoms with Crippen LogP contribution in [0.5, 0.6) is 0 Å². The molecule has 4 nitrogen and oxygen atoms in total. The van der Waals surface area contributed by atoms with E-state index in [0.717, 1.165) is 0 Å². The van der Waals surface area contributed by atoms with Crippen LogP contribution in [0.2, 0.25) is 0 Å². The number of nitrogens with zero attached hydrogens (tertiary/aromatic N) is 1. The number of hydrogen-bond acceptors (Lipinski definition) is 3. The van der Waals surface area contributed by atoms with E-state index in [1.54, 1.807) is 17.3 Å². The van der Waals surface area contributed by atoms with Crippen molar-refractivity contribution in [1.82, 2.24) is 10.2 Å². The molecule has 0 bridgehead atoms. The molecule has 0 aliphatic rings. The number of nitrogens with one attached hydrogen (secondary N) is 1. The van der Waals surface area contributed by atoms with E-state index in [1.165, 1.54) is 0 Å². The van der Waals surface area contributed by atoms with Gasteiger partial charge < -0.3 is 11.1 Å². The maximum atomic E-state index is 11.7. The van der Waals surface area contributed by atoms with Crippen molar-refractivity contribution >= 4 is 23.1 Å². The second-order valence-electron chi connectivity index (χ2n) is 3.35. The predicted octanol–water partition coefficient (Wildman–Crippen LogP) is 0.273. The molecule has 0 unspecified atom stereocenters. The Hall–Kier alpha value is -0.890. The fourth-order valence-electron chi connectivity index (χ4n) is 0.880. The molecule has 0 saturated heterocycles. The molecular formula is C8H14F3N3OS. The van der Waals surface area contributed by atoms with Crippen molar-refractivity contribution in [3.8, 4) is 0 Å². The maximum absolute atomic E-state index is 11.7. The van der Waals surface area contributed by atoms with Crippen LogP contribution in [0.1, 0.15) is 6.42 Å². The van der Waals surface area contributed by atoms with Gasteiger partial charge in [0.25, 0.3) is 0 Å². The number of carbonyl (C=O) groups excluding carboxylic acids is 1. The van der Waals surface area contributed by atoms with E-state index in [2.05, 4.69) is 12.2 Å². The summed E-state index contributed by atoms with van der Waals surface area (Å²) in [4.78, 5) is 12.9. The summed E-state index contributed by atoms with van der Waals surface area (Å²) in [5.74, 6) is -0.678. The van der Waals surface area contributed by atoms with E-state index < -0.39 is 18.6 Å². The zero-order valence-electron chi connectivity index (χ0n) is 8.80. The molecule has 0 rings (SSSR count). The number of halogens is 3. The summed E-state index contributed by atoms with van der Waals surface area (Å²) in [7, 11) is 1.60. The Labute approximate surface area is 97.0 Å². The lowest BCUT2D eigenvalue weighted by Crippen LogP contribution is -2.40. The Morgan fingerprint density at radius 1 is 1.50 bits per heavy atom. The van der Waals surface area contributed by atoms with Gasteiger partial charge >= 0.3 is 6.18 Å². The third kappa shape index (κ3) is 9.66. The summed E-state index contributed by atoms with van der Waals surface area (Å²) in [6.45, 7) is -0.984. The monoisotopic (exact) mass is 257 g/mol. The minimum Gasteiger partial charge on any atom is -0.393 e. The molecule has 0 aromatic carbocycles. The van der Waals surface area contributed by atoms with Gasteiger partial charge in [-0.2, -0.15) is 13.2 Å². The number of thiocarbonyl (C=S) groups is 1. The summed E-state index contributed by atoms with van der Waals surface area (Å²) in [5, 5.41) is 1.77. The van der Waals surface area contributed by atoms with Gasteiger partial charge in [0.2, 0.25) is 5.91 Å². The van der Waals surface area contributed by atoms with E-state index in [1.807, 2.05) is 0 Å². The molecule has 8 heteroatoms. The van der Waals surface area contributed by atoms with Crippen LogP contribution in [-0.2, 0) is 4.79 Å². The Kier molecular flexibility index (Phi) is 6.27. The van der Waals surface area contributed by atoms with E-state index in [4.69, 9.17) is 5.73 Å². The second kappa shape index (κ2) is 6.64. The molecule has 0 fully saturated rings. The standard InChI is InChI=1S/C8H14F3N3OS/c1-14(3-2-6(12)16)4-7(15)13-5-8(9,10)11/h2-5H2,1H3,(H2,12,16)(H,13,15). The van der Waals surface area contributed by atoms with Crippen LogP contribution >= 0.6 is 12.2 Å². The summed E-state index contributed by atoms with van der Waals surface area (Å²) < 4.78 is 35.2. The number of carbonyl (C=O) groups is 1. The number of amides is 1. The topological polar surface area (TPSA) is 58.4 Å². The minimum absolute atomic E-state index is 0.112. The fraction of sp³-hybridized carbons (Fsp3) is 0.750. The van der Waals surface area contributed by atoms with Crippen LogP contribution in [0.4, 0.5) is 13.2 Å². The lowest BCUT2D eigenvalue weighted by Gasteiger charge is -2.16. The average Bonchev–Trinajstić information content (AvgIpc) is 2.10. The maximum Gasteiger partial charge on any atom is 0.405 e. The van der Waals surface area contributed by atoms with Crippen molar-refractivity contribution in [2.24, 2.45) is 5.73 Å². The van der Waals surface area contributed by atoms with Gasteiger partial charge in [0.05, 0.1) is 11.5 Å². The van der Waals surface area contributed by atoms with E-state index >= 15 is 0 Å². The predicted molar refractivity (Wildman–Crippen MR) is 58.0 cm³/mol. The van der Waals surface area contributed by atoms with Gasteiger partial charge in [-0.25, -0.2) is 0 Å². The highest BCUT2D eigenvalue weighted by Crippen LogP contribution is 2.11. The minimum atomic E-state index is -4.38. The molecule has 0 aromatic rings. The van der Waals surface area contributed by atoms with Gasteiger partial charge in [0.15, 0.2) is 0 Å². The molecule has 3 N–H and O–H groups in total. The summed E-state index contributed by atoms with van der Waals surface area (Å²) in [6.07, 6.45) is -3.95. The first-order valence-electron chi connectivity index (χ1n) is 4.51. The van der Waals surface area contributed by atoms with Crippen LogP contribution in [-0.4, -0.2) is 48.7 Å². The molecular weight excluding hydrogens is 243 g/mol. The number of likely N-dealkylation sites (N-methyl/N-ethyl adjacent to an activating group) is 1. The largest absolute Gasteiger partial charge is 0.405 e. The highest BCUT2D eigenvalue weighted by molar-refractivity contribution is 7.80. The number of nitrogens with two attached hydrogens (primary N) is 1. The molecule has 94 valence electrons. The van der Waals surface area contributed by atoms with Crippen LogP contribution < -0.4 is 11.1 Å². The number of alkyl halides is 3. The van der Waals surface area contributed by atoms with Gasteiger partial charge in [-0.1, -0.05) is 12.2 Å². The highest BCUT2D eigenvalue weighted by atomic mass is 32.1. The fourth-order valence-corrected chi connectivity index (χ4v) is 0.971. The molecule has 0 aliphatic heterocycles. The zero-order chi connectivity index (χ0) is 12.8. The van der Waals surface area contributed by atoms with Crippen LogP contribution in [0.25, 0.3) is 0 Å². The third-order valence-corrected chi connectivity index (χ3v) is 1.84. The zero-order valence-corrected chi connectivity index (χ0v) is 9.62. The van der Waals surface area contributed by atoms with Crippen molar-refractivity contribution in [3.63, 3.8) is 0 Å². The summed E-state index contributed by atoms with van der Waals surface area (Å²) in [6, 6.07) is 0. The van der Waals surface area contributed by atoms with E-state index in [-0.39, 0.29) is 6.54 Å². The first kappa shape index (κ1) is 15.1. The number of rotatable bonds is 6. The highest BCUT2D eigenvalue weighted by Gasteiger charge is 2.27.